The number of hydrogen-bond donors (Lipinski definition) is 0. The number of allylic oxidation sites excluding steroid dienone is 11. The minimum absolute atomic E-state index is 0.304. The molecule has 1 saturated carbocycles. The molecule has 0 heterocycles. The average Bonchev–Trinajstić information content (AvgIpc) is 3.00. The summed E-state index contributed by atoms with van der Waals surface area (Å²) >= 11 is 0. The van der Waals surface area contributed by atoms with Crippen molar-refractivity contribution in [1.29, 1.82) is 0 Å². The Morgan fingerprint density at radius 3 is 1.31 bits per heavy atom. The van der Waals surface area contributed by atoms with Crippen LogP contribution >= 0.6 is 0 Å². The van der Waals surface area contributed by atoms with Crippen molar-refractivity contribution in [2.24, 2.45) is 77.8 Å². The van der Waals surface area contributed by atoms with Crippen molar-refractivity contribution in [3.8, 4) is 0 Å². The Hall–Kier alpha value is -1.56. The van der Waals surface area contributed by atoms with Crippen molar-refractivity contribution in [3.63, 3.8) is 0 Å². The molecule has 5 aliphatic rings. The second kappa shape index (κ2) is 22.0. The molecule has 5 rings (SSSR count). The number of rotatable bonds is 0. The van der Waals surface area contributed by atoms with Crippen molar-refractivity contribution >= 4 is 0 Å². The summed E-state index contributed by atoms with van der Waals surface area (Å²) in [5.74, 6) is 2.95. The van der Waals surface area contributed by atoms with E-state index in [1.807, 2.05) is 0 Å². The van der Waals surface area contributed by atoms with Gasteiger partial charge in [-0.3, -0.25) is 0 Å². The van der Waals surface area contributed by atoms with Crippen LogP contribution in [-0.4, -0.2) is 0 Å². The third-order valence-corrected chi connectivity index (χ3v) is 16.1. The Morgan fingerprint density at radius 1 is 0.523 bits per heavy atom. The highest BCUT2D eigenvalue weighted by atomic mass is 14.5. The number of hydrogen-bond acceptors (Lipinski definition) is 0. The van der Waals surface area contributed by atoms with Crippen molar-refractivity contribution in [2.75, 3.05) is 0 Å². The SMILES string of the molecule is C=C1CCCC(C)(C)C1C(C)(C)C.CC1=C(C(C)(C)C)C(C)(C)CC=C1.CC1=C(C(C)(C)C)C(C)(C)CCC1.CC1=CCCC(C)(C)C1C(C)(C)C.CC1C=CCC(C)(C)C1C(C)(C)C. The predicted octanol–water partition coefficient (Wildman–Crippen LogP) is 22.0. The Morgan fingerprint density at radius 2 is 1.00 bits per heavy atom. The van der Waals surface area contributed by atoms with Crippen molar-refractivity contribution in [1.82, 2.24) is 0 Å². The molecule has 0 nitrogen and oxygen atoms in total. The van der Waals surface area contributed by atoms with E-state index < -0.39 is 0 Å². The molecule has 0 aromatic rings. The fourth-order valence-corrected chi connectivity index (χ4v) is 16.4. The van der Waals surface area contributed by atoms with E-state index in [0.717, 1.165) is 17.8 Å². The van der Waals surface area contributed by atoms with Gasteiger partial charge in [0.2, 0.25) is 0 Å². The van der Waals surface area contributed by atoms with Gasteiger partial charge in [0.15, 0.2) is 0 Å². The lowest BCUT2D eigenvalue weighted by molar-refractivity contribution is 0.0478. The molecular weight excluding hydrogens is 781 g/mol. The summed E-state index contributed by atoms with van der Waals surface area (Å²) in [6.45, 7) is 72.6. The van der Waals surface area contributed by atoms with Gasteiger partial charge in [0.1, 0.15) is 0 Å². The van der Waals surface area contributed by atoms with Gasteiger partial charge in [0, 0.05) is 0 Å². The zero-order chi connectivity index (χ0) is 51.4. The van der Waals surface area contributed by atoms with Crippen LogP contribution in [0.4, 0.5) is 0 Å². The first-order valence-corrected chi connectivity index (χ1v) is 26.9. The Bertz CT molecular complexity index is 1680. The van der Waals surface area contributed by atoms with Gasteiger partial charge in [0.25, 0.3) is 0 Å². The zero-order valence-corrected chi connectivity index (χ0v) is 50.0. The van der Waals surface area contributed by atoms with Crippen LogP contribution in [-0.2, 0) is 0 Å². The van der Waals surface area contributed by atoms with E-state index in [4.69, 9.17) is 0 Å². The van der Waals surface area contributed by atoms with Crippen LogP contribution in [0.5, 0.6) is 0 Å². The van der Waals surface area contributed by atoms with Gasteiger partial charge in [-0.25, -0.2) is 0 Å². The molecular formula is C65H118. The first kappa shape index (κ1) is 61.5. The second-order valence-electron chi connectivity index (χ2n) is 30.8. The third kappa shape index (κ3) is 17.7. The quantitative estimate of drug-likeness (QED) is 0.213. The van der Waals surface area contributed by atoms with Crippen LogP contribution in [0.2, 0.25) is 0 Å². The standard InChI is InChI=1S/4C13H24.C13H22/c5*1-10-8-7-9-13(5,6)11(10)12(2,3)4/h7-9H2,1-6H3;8,11H,7,9H2,1-6H3;7-8,10-11H,9H2,1-6H3;11H,1,7-9H2,2-6H3;7-8H,9H2,1-6H3. The summed E-state index contributed by atoms with van der Waals surface area (Å²) in [7, 11) is 0. The maximum Gasteiger partial charge on any atom is -0.00992 e. The first-order valence-electron chi connectivity index (χ1n) is 26.9. The highest BCUT2D eigenvalue weighted by molar-refractivity contribution is 5.36. The fraction of sp³-hybridized carbons (Fsp3) is 0.815. The lowest BCUT2D eigenvalue weighted by Gasteiger charge is -2.47. The van der Waals surface area contributed by atoms with E-state index in [-0.39, 0.29) is 0 Å². The van der Waals surface area contributed by atoms with Crippen LogP contribution in [0.3, 0.4) is 0 Å². The summed E-state index contributed by atoms with van der Waals surface area (Å²) in [6.07, 6.45) is 24.7. The minimum Gasteiger partial charge on any atom is -0.0995 e. The molecule has 0 amide bonds. The molecule has 0 aromatic carbocycles. The molecule has 0 N–H and O–H groups in total. The van der Waals surface area contributed by atoms with Crippen LogP contribution in [0, 0.1) is 77.8 Å². The highest BCUT2D eigenvalue weighted by Crippen LogP contribution is 2.53. The van der Waals surface area contributed by atoms with Gasteiger partial charge in [-0.2, -0.15) is 0 Å². The molecule has 5 aliphatic carbocycles. The molecule has 0 bridgehead atoms. The summed E-state index contributed by atoms with van der Waals surface area (Å²) < 4.78 is 0. The van der Waals surface area contributed by atoms with Gasteiger partial charge < -0.3 is 0 Å². The summed E-state index contributed by atoms with van der Waals surface area (Å²) in [6, 6.07) is 0. The summed E-state index contributed by atoms with van der Waals surface area (Å²) in [4.78, 5) is 0. The molecule has 0 heteroatoms. The topological polar surface area (TPSA) is 0 Å². The van der Waals surface area contributed by atoms with Gasteiger partial charge in [-0.05, 0) is 163 Å². The zero-order valence-electron chi connectivity index (χ0n) is 50.0. The maximum absolute atomic E-state index is 4.26. The molecule has 0 aliphatic heterocycles. The molecule has 4 unspecified atom stereocenters. The van der Waals surface area contributed by atoms with Gasteiger partial charge in [-0.15, -0.1) is 0 Å². The maximum atomic E-state index is 4.26. The summed E-state index contributed by atoms with van der Waals surface area (Å²) in [5, 5.41) is 0. The normalized spacial score (nSPS) is 27.3. The van der Waals surface area contributed by atoms with Gasteiger partial charge in [0.05, 0.1) is 0 Å². The van der Waals surface area contributed by atoms with Crippen molar-refractivity contribution < 1.29 is 0 Å². The molecule has 378 valence electrons. The predicted molar refractivity (Wildman–Crippen MR) is 299 cm³/mol. The van der Waals surface area contributed by atoms with Crippen LogP contribution in [0.1, 0.15) is 265 Å². The monoisotopic (exact) mass is 899 g/mol. The largest absolute Gasteiger partial charge is 0.0995 e. The second-order valence-corrected chi connectivity index (χ2v) is 30.8. The molecule has 0 saturated heterocycles. The molecule has 0 spiro atoms. The third-order valence-electron chi connectivity index (χ3n) is 16.1. The van der Waals surface area contributed by atoms with Crippen LogP contribution in [0.25, 0.3) is 0 Å². The van der Waals surface area contributed by atoms with E-state index in [1.165, 1.54) is 75.4 Å². The molecule has 1 fully saturated rings. The van der Waals surface area contributed by atoms with E-state index in [2.05, 4.69) is 238 Å². The first-order chi connectivity index (χ1) is 28.7. The Labute approximate surface area is 411 Å². The smallest absolute Gasteiger partial charge is 0.00992 e. The average molecular weight is 900 g/mol. The van der Waals surface area contributed by atoms with E-state index in [1.54, 1.807) is 22.3 Å². The Kier molecular flexibility index (Phi) is 20.8. The fourth-order valence-electron chi connectivity index (χ4n) is 16.4. The van der Waals surface area contributed by atoms with E-state index in [9.17, 15) is 0 Å². The van der Waals surface area contributed by atoms with Crippen molar-refractivity contribution in [2.45, 2.75) is 265 Å². The highest BCUT2D eigenvalue weighted by Gasteiger charge is 2.43. The lowest BCUT2D eigenvalue weighted by Crippen LogP contribution is -2.40. The lowest BCUT2D eigenvalue weighted by atomic mass is 9.57. The van der Waals surface area contributed by atoms with E-state index in [0.29, 0.717) is 60.1 Å². The van der Waals surface area contributed by atoms with Crippen LogP contribution in [0.15, 0.2) is 70.4 Å². The molecule has 65 heavy (non-hydrogen) atoms. The van der Waals surface area contributed by atoms with Crippen LogP contribution < -0.4 is 0 Å². The minimum atomic E-state index is 0.304. The molecule has 0 aromatic heterocycles. The Balaban J connectivity index is 0.000000406. The van der Waals surface area contributed by atoms with E-state index >= 15 is 0 Å². The van der Waals surface area contributed by atoms with Gasteiger partial charge >= 0.3 is 0 Å². The molecule has 4 atom stereocenters. The molecule has 0 radical (unpaired) electrons. The van der Waals surface area contributed by atoms with Crippen molar-refractivity contribution in [3.05, 3.63) is 70.4 Å². The van der Waals surface area contributed by atoms with Gasteiger partial charge in [-0.1, -0.05) is 250 Å². The summed E-state index contributed by atoms with van der Waals surface area (Å²) in [5.41, 5.74) is 13.5.